The molecule has 3 heteroatoms. The molecular formula is C28H56O2S. The number of carbonyl (C=O) groups is 1. The molecule has 0 spiro atoms. The molecule has 1 atom stereocenters. The third kappa shape index (κ3) is 26.0. The molecule has 0 N–H and O–H groups in total. The molecule has 0 fully saturated rings. The van der Waals surface area contributed by atoms with Gasteiger partial charge in [0, 0.05) is 11.7 Å². The molecule has 0 radical (unpaired) electrons. The first-order valence-electron chi connectivity index (χ1n) is 14.0. The predicted molar refractivity (Wildman–Crippen MR) is 141 cm³/mol. The second kappa shape index (κ2) is 26.1. The summed E-state index contributed by atoms with van der Waals surface area (Å²) < 4.78 is 5.39. The van der Waals surface area contributed by atoms with Gasteiger partial charge < -0.3 is 4.74 Å². The van der Waals surface area contributed by atoms with Gasteiger partial charge in [-0.2, -0.15) is 12.6 Å². The highest BCUT2D eigenvalue weighted by atomic mass is 32.1. The summed E-state index contributed by atoms with van der Waals surface area (Å²) in [6, 6.07) is 0. The number of carbonyl (C=O) groups excluding carboxylic acids is 1. The summed E-state index contributed by atoms with van der Waals surface area (Å²) in [4.78, 5) is 11.8. The van der Waals surface area contributed by atoms with Crippen LogP contribution in [0.5, 0.6) is 0 Å². The van der Waals surface area contributed by atoms with Gasteiger partial charge in [0.25, 0.3) is 0 Å². The van der Waals surface area contributed by atoms with Crippen molar-refractivity contribution in [2.45, 2.75) is 167 Å². The van der Waals surface area contributed by atoms with Crippen LogP contribution in [0, 0.1) is 0 Å². The normalized spacial score (nSPS) is 12.2. The zero-order valence-electron chi connectivity index (χ0n) is 21.3. The maximum atomic E-state index is 11.8. The molecule has 0 saturated heterocycles. The van der Waals surface area contributed by atoms with Gasteiger partial charge in [-0.05, 0) is 25.7 Å². The average Bonchev–Trinajstić information content (AvgIpc) is 2.77. The quantitative estimate of drug-likeness (QED) is 0.0840. The molecule has 0 aromatic carbocycles. The second-order valence-corrected chi connectivity index (χ2v) is 10.3. The third-order valence-electron chi connectivity index (χ3n) is 6.32. The molecule has 186 valence electrons. The van der Waals surface area contributed by atoms with Crippen LogP contribution < -0.4 is 0 Å². The lowest BCUT2D eigenvalue weighted by atomic mass is 10.0. The Hall–Kier alpha value is -0.180. The van der Waals surface area contributed by atoms with Gasteiger partial charge in [0.1, 0.15) is 0 Å². The number of hydrogen-bond donors (Lipinski definition) is 1. The summed E-state index contributed by atoms with van der Waals surface area (Å²) in [6.07, 6.45) is 29.1. The first-order chi connectivity index (χ1) is 15.2. The highest BCUT2D eigenvalue weighted by Gasteiger charge is 2.06. The lowest BCUT2D eigenvalue weighted by Crippen LogP contribution is -2.06. The van der Waals surface area contributed by atoms with E-state index >= 15 is 0 Å². The van der Waals surface area contributed by atoms with Gasteiger partial charge in [-0.25, -0.2) is 0 Å². The van der Waals surface area contributed by atoms with Crippen LogP contribution >= 0.6 is 12.6 Å². The number of unbranched alkanes of at least 4 members (excludes halogenated alkanes) is 17. The first-order valence-corrected chi connectivity index (χ1v) is 14.6. The maximum absolute atomic E-state index is 11.8. The van der Waals surface area contributed by atoms with E-state index in [-0.39, 0.29) is 5.97 Å². The Balaban J connectivity index is 3.28. The third-order valence-corrected chi connectivity index (χ3v) is 6.84. The van der Waals surface area contributed by atoms with E-state index in [1.165, 1.54) is 116 Å². The minimum atomic E-state index is -0.00490. The smallest absolute Gasteiger partial charge is 0.305 e. The van der Waals surface area contributed by atoms with Crippen LogP contribution in [-0.4, -0.2) is 17.8 Å². The highest BCUT2D eigenvalue weighted by Crippen LogP contribution is 2.17. The summed E-state index contributed by atoms with van der Waals surface area (Å²) in [7, 11) is 0. The Bertz CT molecular complexity index is 359. The fourth-order valence-corrected chi connectivity index (χ4v) is 4.52. The Labute approximate surface area is 201 Å². The van der Waals surface area contributed by atoms with E-state index in [9.17, 15) is 4.79 Å². The molecule has 0 aromatic rings. The molecule has 31 heavy (non-hydrogen) atoms. The minimum Gasteiger partial charge on any atom is -0.466 e. The fraction of sp³-hybridized carbons (Fsp3) is 0.964. The molecule has 0 saturated carbocycles. The molecule has 0 aliphatic heterocycles. The Morgan fingerprint density at radius 2 is 0.968 bits per heavy atom. The lowest BCUT2D eigenvalue weighted by Gasteiger charge is -2.10. The molecule has 2 nitrogen and oxygen atoms in total. The molecule has 1 unspecified atom stereocenters. The SMILES string of the molecule is CCCCCCCCCCCCOC(=O)CCCCC(S)CCCCCCCCCC. The van der Waals surface area contributed by atoms with Crippen LogP contribution in [-0.2, 0) is 9.53 Å². The largest absolute Gasteiger partial charge is 0.466 e. The molecule has 0 aliphatic rings. The van der Waals surface area contributed by atoms with Crippen molar-refractivity contribution in [3.05, 3.63) is 0 Å². The van der Waals surface area contributed by atoms with E-state index in [0.29, 0.717) is 18.3 Å². The van der Waals surface area contributed by atoms with Gasteiger partial charge in [0.15, 0.2) is 0 Å². The van der Waals surface area contributed by atoms with Crippen LogP contribution in [0.25, 0.3) is 0 Å². The lowest BCUT2D eigenvalue weighted by molar-refractivity contribution is -0.143. The summed E-state index contributed by atoms with van der Waals surface area (Å²) in [5.41, 5.74) is 0. The van der Waals surface area contributed by atoms with Gasteiger partial charge >= 0.3 is 5.97 Å². The number of thiol groups is 1. The standard InChI is InChI=1S/C28H56O2S/c1-3-5-7-9-11-13-14-16-18-22-26-30-28(29)25-21-20-24-27(31)23-19-17-15-12-10-8-6-4-2/h27,31H,3-26H2,1-2H3. The summed E-state index contributed by atoms with van der Waals surface area (Å²) in [5.74, 6) is -0.00490. The molecular weight excluding hydrogens is 400 g/mol. The van der Waals surface area contributed by atoms with E-state index in [2.05, 4.69) is 13.8 Å². The number of esters is 1. The number of rotatable bonds is 25. The Kier molecular flexibility index (Phi) is 25.9. The summed E-state index contributed by atoms with van der Waals surface area (Å²) in [5, 5.41) is 0.503. The van der Waals surface area contributed by atoms with Crippen molar-refractivity contribution in [3.8, 4) is 0 Å². The molecule has 0 aliphatic carbocycles. The van der Waals surface area contributed by atoms with Crippen molar-refractivity contribution in [2.75, 3.05) is 6.61 Å². The molecule has 0 rings (SSSR count). The highest BCUT2D eigenvalue weighted by molar-refractivity contribution is 7.80. The van der Waals surface area contributed by atoms with E-state index in [1.807, 2.05) is 0 Å². The van der Waals surface area contributed by atoms with Gasteiger partial charge in [-0.3, -0.25) is 4.79 Å². The van der Waals surface area contributed by atoms with Gasteiger partial charge in [0.05, 0.1) is 6.61 Å². The Morgan fingerprint density at radius 1 is 0.581 bits per heavy atom. The average molecular weight is 457 g/mol. The van der Waals surface area contributed by atoms with Crippen LogP contribution in [0.2, 0.25) is 0 Å². The minimum absolute atomic E-state index is 0.00490. The zero-order chi connectivity index (χ0) is 22.8. The summed E-state index contributed by atoms with van der Waals surface area (Å²) >= 11 is 4.73. The molecule has 0 amide bonds. The topological polar surface area (TPSA) is 26.3 Å². The monoisotopic (exact) mass is 456 g/mol. The fourth-order valence-electron chi connectivity index (χ4n) is 4.16. The van der Waals surface area contributed by atoms with Crippen molar-refractivity contribution >= 4 is 18.6 Å². The molecule has 0 heterocycles. The first kappa shape index (κ1) is 30.8. The van der Waals surface area contributed by atoms with E-state index in [4.69, 9.17) is 17.4 Å². The second-order valence-electron chi connectivity index (χ2n) is 9.57. The van der Waals surface area contributed by atoms with Gasteiger partial charge in [-0.1, -0.05) is 129 Å². The van der Waals surface area contributed by atoms with Crippen LogP contribution in [0.4, 0.5) is 0 Å². The molecule has 0 bridgehead atoms. The Morgan fingerprint density at radius 3 is 1.45 bits per heavy atom. The predicted octanol–water partition coefficient (Wildman–Crippen LogP) is 9.84. The number of ether oxygens (including phenoxy) is 1. The van der Waals surface area contributed by atoms with Crippen molar-refractivity contribution < 1.29 is 9.53 Å². The van der Waals surface area contributed by atoms with Gasteiger partial charge in [0.2, 0.25) is 0 Å². The van der Waals surface area contributed by atoms with E-state index in [1.54, 1.807) is 0 Å². The van der Waals surface area contributed by atoms with Crippen LogP contribution in [0.15, 0.2) is 0 Å². The summed E-state index contributed by atoms with van der Waals surface area (Å²) in [6.45, 7) is 5.15. The van der Waals surface area contributed by atoms with Crippen molar-refractivity contribution in [1.82, 2.24) is 0 Å². The van der Waals surface area contributed by atoms with Crippen molar-refractivity contribution in [2.24, 2.45) is 0 Å². The maximum Gasteiger partial charge on any atom is 0.305 e. The van der Waals surface area contributed by atoms with Crippen molar-refractivity contribution in [1.29, 1.82) is 0 Å². The number of hydrogen-bond acceptors (Lipinski definition) is 3. The van der Waals surface area contributed by atoms with Gasteiger partial charge in [-0.15, -0.1) is 0 Å². The van der Waals surface area contributed by atoms with Crippen LogP contribution in [0.3, 0.4) is 0 Å². The van der Waals surface area contributed by atoms with Crippen molar-refractivity contribution in [3.63, 3.8) is 0 Å². The van der Waals surface area contributed by atoms with E-state index < -0.39 is 0 Å². The van der Waals surface area contributed by atoms with E-state index in [0.717, 1.165) is 25.7 Å². The zero-order valence-corrected chi connectivity index (χ0v) is 22.2. The van der Waals surface area contributed by atoms with Crippen LogP contribution in [0.1, 0.15) is 162 Å². The molecule has 0 aromatic heterocycles.